The van der Waals surface area contributed by atoms with Gasteiger partial charge in [-0.15, -0.1) is 0 Å². The number of imide groups is 1. The molecule has 6 rings (SSSR count). The Balaban J connectivity index is 1.12. The summed E-state index contributed by atoms with van der Waals surface area (Å²) in [5.74, 6) is -0.373. The lowest BCUT2D eigenvalue weighted by Crippen LogP contribution is -2.52. The fraction of sp³-hybridized carbons (Fsp3) is 0.633. The van der Waals surface area contributed by atoms with Gasteiger partial charge in [0.2, 0.25) is 11.8 Å². The first kappa shape index (κ1) is 24.7. The summed E-state index contributed by atoms with van der Waals surface area (Å²) in [5, 5.41) is 0. The van der Waals surface area contributed by atoms with Crippen LogP contribution in [0.4, 0.5) is 5.69 Å². The highest BCUT2D eigenvalue weighted by Gasteiger charge is 2.59. The van der Waals surface area contributed by atoms with Gasteiger partial charge in [-0.25, -0.2) is 0 Å². The molecule has 1 aromatic carbocycles. The number of allylic oxidation sites excluding steroid dienone is 2. The summed E-state index contributed by atoms with van der Waals surface area (Å²) >= 11 is 0. The summed E-state index contributed by atoms with van der Waals surface area (Å²) in [6, 6.07) is 8.62. The minimum absolute atomic E-state index is 0.0564. The molecule has 37 heavy (non-hydrogen) atoms. The van der Waals surface area contributed by atoms with Crippen LogP contribution in [0, 0.1) is 36.5 Å². The van der Waals surface area contributed by atoms with E-state index in [0.29, 0.717) is 6.54 Å². The molecule has 5 unspecified atom stereocenters. The molecule has 7 heteroatoms. The number of esters is 1. The first-order chi connectivity index (χ1) is 18.0. The van der Waals surface area contributed by atoms with Crippen molar-refractivity contribution in [1.82, 2.24) is 9.80 Å². The SMILES string of the molecule is Cc1ccc(N2CCN(CC(CN3C(=O)C4C5C=CC(C5)C4C3=O)OC(=O)C3CCCCC3)CC2)cc1. The molecule has 2 bridgehead atoms. The Kier molecular flexibility index (Phi) is 6.82. The summed E-state index contributed by atoms with van der Waals surface area (Å²) in [6.07, 6.45) is 9.73. The van der Waals surface area contributed by atoms with Crippen molar-refractivity contribution in [3.05, 3.63) is 42.0 Å². The Bertz CT molecular complexity index is 1030. The molecule has 2 heterocycles. The summed E-state index contributed by atoms with van der Waals surface area (Å²) in [7, 11) is 0. The van der Waals surface area contributed by atoms with Gasteiger partial charge in [0.05, 0.1) is 24.3 Å². The first-order valence-electron chi connectivity index (χ1n) is 14.3. The Morgan fingerprint density at radius 3 is 2.14 bits per heavy atom. The van der Waals surface area contributed by atoms with E-state index in [9.17, 15) is 14.4 Å². The lowest BCUT2D eigenvalue weighted by molar-refractivity contribution is -0.160. The van der Waals surface area contributed by atoms with Gasteiger partial charge in [0, 0.05) is 38.4 Å². The van der Waals surface area contributed by atoms with E-state index in [1.807, 2.05) is 0 Å². The third kappa shape index (κ3) is 4.83. The van der Waals surface area contributed by atoms with Crippen LogP contribution in [0.25, 0.3) is 0 Å². The maximum absolute atomic E-state index is 13.3. The summed E-state index contributed by atoms with van der Waals surface area (Å²) < 4.78 is 6.11. The number of hydrogen-bond acceptors (Lipinski definition) is 6. The fourth-order valence-electron chi connectivity index (χ4n) is 7.31. The highest BCUT2D eigenvalue weighted by molar-refractivity contribution is 6.06. The molecule has 198 valence electrons. The maximum Gasteiger partial charge on any atom is 0.309 e. The minimum Gasteiger partial charge on any atom is -0.459 e. The number of ether oxygens (including phenoxy) is 1. The molecule has 2 saturated heterocycles. The van der Waals surface area contributed by atoms with Gasteiger partial charge in [-0.05, 0) is 50.2 Å². The molecule has 0 N–H and O–H groups in total. The average molecular weight is 506 g/mol. The number of carbonyl (C=O) groups excluding carboxylic acids is 3. The van der Waals surface area contributed by atoms with Crippen LogP contribution in [0.3, 0.4) is 0 Å². The van der Waals surface area contributed by atoms with Crippen molar-refractivity contribution in [1.29, 1.82) is 0 Å². The lowest BCUT2D eigenvalue weighted by Gasteiger charge is -2.38. The molecule has 3 aliphatic carbocycles. The number of nitrogens with zero attached hydrogens (tertiary/aromatic N) is 3. The number of likely N-dealkylation sites (tertiary alicyclic amines) is 1. The van der Waals surface area contributed by atoms with Gasteiger partial charge in [0.25, 0.3) is 0 Å². The third-order valence-corrected chi connectivity index (χ3v) is 9.40. The lowest BCUT2D eigenvalue weighted by atomic mass is 9.85. The summed E-state index contributed by atoms with van der Waals surface area (Å²) in [5.41, 5.74) is 2.48. The van der Waals surface area contributed by atoms with Crippen molar-refractivity contribution in [3.63, 3.8) is 0 Å². The van der Waals surface area contributed by atoms with Crippen LogP contribution in [-0.4, -0.2) is 73.0 Å². The van der Waals surface area contributed by atoms with Gasteiger partial charge in [-0.1, -0.05) is 49.1 Å². The van der Waals surface area contributed by atoms with E-state index >= 15 is 0 Å². The van der Waals surface area contributed by atoms with Crippen LogP contribution in [0.2, 0.25) is 0 Å². The highest BCUT2D eigenvalue weighted by Crippen LogP contribution is 2.52. The Labute approximate surface area is 219 Å². The predicted octanol–water partition coefficient (Wildman–Crippen LogP) is 3.42. The molecular weight excluding hydrogens is 466 g/mol. The van der Waals surface area contributed by atoms with E-state index in [1.54, 1.807) is 0 Å². The van der Waals surface area contributed by atoms with Crippen molar-refractivity contribution in [2.24, 2.45) is 29.6 Å². The second-order valence-corrected chi connectivity index (χ2v) is 11.8. The monoisotopic (exact) mass is 505 g/mol. The predicted molar refractivity (Wildman–Crippen MR) is 141 cm³/mol. The summed E-state index contributed by atoms with van der Waals surface area (Å²) in [6.45, 7) is 6.33. The second kappa shape index (κ2) is 10.2. The van der Waals surface area contributed by atoms with E-state index in [2.05, 4.69) is 53.1 Å². The van der Waals surface area contributed by atoms with Crippen LogP contribution in [-0.2, 0) is 19.1 Å². The van der Waals surface area contributed by atoms with Gasteiger partial charge < -0.3 is 9.64 Å². The zero-order chi connectivity index (χ0) is 25.5. The minimum atomic E-state index is -0.488. The number of aryl methyl sites for hydroxylation is 1. The fourth-order valence-corrected chi connectivity index (χ4v) is 7.31. The highest BCUT2D eigenvalue weighted by atomic mass is 16.5. The van der Waals surface area contributed by atoms with Crippen molar-refractivity contribution < 1.29 is 19.1 Å². The van der Waals surface area contributed by atoms with Crippen LogP contribution in [0.5, 0.6) is 0 Å². The van der Waals surface area contributed by atoms with Gasteiger partial charge in [-0.2, -0.15) is 0 Å². The number of anilines is 1. The van der Waals surface area contributed by atoms with Crippen molar-refractivity contribution in [3.8, 4) is 0 Å². The Morgan fingerprint density at radius 1 is 0.892 bits per heavy atom. The molecule has 0 aromatic heterocycles. The van der Waals surface area contributed by atoms with Crippen molar-refractivity contribution >= 4 is 23.5 Å². The topological polar surface area (TPSA) is 70.2 Å². The summed E-state index contributed by atoms with van der Waals surface area (Å²) in [4.78, 5) is 45.9. The second-order valence-electron chi connectivity index (χ2n) is 11.8. The van der Waals surface area contributed by atoms with Crippen LogP contribution < -0.4 is 4.90 Å². The molecule has 0 spiro atoms. The molecule has 5 atom stereocenters. The number of amides is 2. The number of benzene rings is 1. The number of hydrogen-bond donors (Lipinski definition) is 0. The van der Waals surface area contributed by atoms with Crippen LogP contribution >= 0.6 is 0 Å². The molecule has 2 amide bonds. The molecule has 1 aromatic rings. The maximum atomic E-state index is 13.3. The van der Waals surface area contributed by atoms with Gasteiger partial charge >= 0.3 is 5.97 Å². The largest absolute Gasteiger partial charge is 0.459 e. The van der Waals surface area contributed by atoms with Gasteiger partial charge in [-0.3, -0.25) is 24.2 Å². The van der Waals surface area contributed by atoms with Gasteiger partial charge in [0.15, 0.2) is 0 Å². The van der Waals surface area contributed by atoms with E-state index < -0.39 is 6.10 Å². The Morgan fingerprint density at radius 2 is 1.51 bits per heavy atom. The number of fused-ring (bicyclic) bond motifs is 5. The van der Waals surface area contributed by atoms with Crippen molar-refractivity contribution in [2.45, 2.75) is 51.6 Å². The van der Waals surface area contributed by atoms with Crippen molar-refractivity contribution in [2.75, 3.05) is 44.2 Å². The van der Waals surface area contributed by atoms with E-state index in [1.165, 1.54) is 22.6 Å². The number of carbonyl (C=O) groups is 3. The molecule has 2 saturated carbocycles. The van der Waals surface area contributed by atoms with Gasteiger partial charge in [0.1, 0.15) is 6.10 Å². The molecular formula is C30H39N3O4. The molecule has 2 aliphatic heterocycles. The average Bonchev–Trinajstić information content (AvgIpc) is 3.60. The first-order valence-corrected chi connectivity index (χ1v) is 14.3. The van der Waals surface area contributed by atoms with E-state index in [0.717, 1.165) is 58.3 Å². The molecule has 5 aliphatic rings. The smallest absolute Gasteiger partial charge is 0.309 e. The zero-order valence-electron chi connectivity index (χ0n) is 21.9. The number of piperazine rings is 1. The Hall–Kier alpha value is -2.67. The molecule has 4 fully saturated rings. The quantitative estimate of drug-likeness (QED) is 0.321. The zero-order valence-corrected chi connectivity index (χ0v) is 21.9. The number of rotatable bonds is 7. The normalized spacial score (nSPS) is 30.7. The molecule has 7 nitrogen and oxygen atoms in total. The van der Waals surface area contributed by atoms with E-state index in [4.69, 9.17) is 4.74 Å². The van der Waals surface area contributed by atoms with E-state index in [-0.39, 0.29) is 53.9 Å². The third-order valence-electron chi connectivity index (χ3n) is 9.40. The standard InChI is InChI=1S/C30H39N3O4/c1-20-7-11-24(12-8-20)32-15-13-31(14-16-32)18-25(37-30(36)21-5-3-2-4-6-21)19-33-28(34)26-22-9-10-23(17-22)27(26)29(33)35/h7-12,21-23,25-27H,2-6,13-19H2,1H3. The van der Waals surface area contributed by atoms with Crippen LogP contribution in [0.1, 0.15) is 44.1 Å². The van der Waals surface area contributed by atoms with Crippen LogP contribution in [0.15, 0.2) is 36.4 Å². The molecule has 0 radical (unpaired) electrons.